The van der Waals surface area contributed by atoms with Gasteiger partial charge in [-0.15, -0.1) is 0 Å². The zero-order chi connectivity index (χ0) is 18.0. The van der Waals surface area contributed by atoms with Gasteiger partial charge in [0.25, 0.3) is 0 Å². The molecule has 0 atom stereocenters. The molecule has 0 aliphatic rings. The van der Waals surface area contributed by atoms with E-state index in [1.165, 1.54) is 12.1 Å². The average molecular weight is 339 g/mol. The van der Waals surface area contributed by atoms with Crippen molar-refractivity contribution in [2.45, 2.75) is 26.5 Å². The first-order valence-corrected chi connectivity index (χ1v) is 8.01. The zero-order valence-corrected chi connectivity index (χ0v) is 14.0. The number of aldehydes is 1. The van der Waals surface area contributed by atoms with Gasteiger partial charge in [0.2, 0.25) is 0 Å². The van der Waals surface area contributed by atoms with Crippen molar-refractivity contribution in [2.75, 3.05) is 0 Å². The summed E-state index contributed by atoms with van der Waals surface area (Å²) in [5, 5.41) is 0.590. The van der Waals surface area contributed by atoms with E-state index in [4.69, 9.17) is 4.74 Å². The minimum atomic E-state index is -0.374. The van der Waals surface area contributed by atoms with Gasteiger partial charge in [-0.2, -0.15) is 0 Å². The van der Waals surface area contributed by atoms with Gasteiger partial charge in [0.15, 0.2) is 6.29 Å². The third kappa shape index (κ3) is 3.60. The number of esters is 1. The minimum absolute atomic E-state index is 0.166. The number of nitrogens with zero attached hydrogens (tertiary/aromatic N) is 1. The van der Waals surface area contributed by atoms with E-state index >= 15 is 0 Å². The molecule has 3 aromatic rings. The summed E-state index contributed by atoms with van der Waals surface area (Å²) in [4.78, 5) is 23.1. The number of rotatable bonds is 5. The molecule has 25 heavy (non-hydrogen) atoms. The molecule has 0 aliphatic heterocycles. The Morgan fingerprint density at radius 1 is 1.20 bits per heavy atom. The fourth-order valence-corrected chi connectivity index (χ4v) is 2.75. The van der Waals surface area contributed by atoms with Crippen molar-refractivity contribution in [2.24, 2.45) is 0 Å². The first kappa shape index (κ1) is 16.9. The van der Waals surface area contributed by atoms with Crippen LogP contribution in [0.4, 0.5) is 4.39 Å². The van der Waals surface area contributed by atoms with E-state index in [0.29, 0.717) is 23.1 Å². The maximum Gasteiger partial charge on any atom is 0.338 e. The van der Waals surface area contributed by atoms with Crippen LogP contribution in [0.5, 0.6) is 0 Å². The Morgan fingerprint density at radius 3 is 2.56 bits per heavy atom. The van der Waals surface area contributed by atoms with Crippen LogP contribution in [0.15, 0.2) is 48.7 Å². The molecule has 0 aliphatic carbocycles. The second kappa shape index (κ2) is 6.89. The SMILES string of the molecule is CC(C)OC(=O)c1ccc(Cn2cc(C=O)c3cc(F)ccc32)cc1. The molecule has 3 rings (SSSR count). The Labute approximate surface area is 144 Å². The van der Waals surface area contributed by atoms with Gasteiger partial charge in [0.05, 0.1) is 11.7 Å². The van der Waals surface area contributed by atoms with Gasteiger partial charge in [0, 0.05) is 29.2 Å². The van der Waals surface area contributed by atoms with E-state index in [9.17, 15) is 14.0 Å². The summed E-state index contributed by atoms with van der Waals surface area (Å²) in [5.74, 6) is -0.729. The molecule has 5 heteroatoms. The maximum absolute atomic E-state index is 13.4. The second-order valence-corrected chi connectivity index (χ2v) is 6.14. The van der Waals surface area contributed by atoms with Crippen LogP contribution in [0.25, 0.3) is 10.9 Å². The molecular formula is C20H18FNO3. The monoisotopic (exact) mass is 339 g/mol. The highest BCUT2D eigenvalue weighted by molar-refractivity contribution is 5.97. The summed E-state index contributed by atoms with van der Waals surface area (Å²) >= 11 is 0. The molecule has 0 unspecified atom stereocenters. The molecule has 1 aromatic heterocycles. The van der Waals surface area contributed by atoms with Crippen LogP contribution in [0.3, 0.4) is 0 Å². The number of halogens is 1. The maximum atomic E-state index is 13.4. The highest BCUT2D eigenvalue weighted by Gasteiger charge is 2.11. The summed E-state index contributed by atoms with van der Waals surface area (Å²) in [7, 11) is 0. The molecule has 1 heterocycles. The molecule has 0 spiro atoms. The second-order valence-electron chi connectivity index (χ2n) is 6.14. The quantitative estimate of drug-likeness (QED) is 0.517. The fraction of sp³-hybridized carbons (Fsp3) is 0.200. The lowest BCUT2D eigenvalue weighted by atomic mass is 10.1. The molecule has 2 aromatic carbocycles. The lowest BCUT2D eigenvalue weighted by Gasteiger charge is -2.09. The lowest BCUT2D eigenvalue weighted by Crippen LogP contribution is -2.11. The summed E-state index contributed by atoms with van der Waals surface area (Å²) < 4.78 is 20.5. The molecular weight excluding hydrogens is 321 g/mol. The van der Waals surface area contributed by atoms with Crippen molar-refractivity contribution in [1.82, 2.24) is 4.57 Å². The van der Waals surface area contributed by atoms with Crippen LogP contribution in [0, 0.1) is 5.82 Å². The summed E-state index contributed by atoms with van der Waals surface area (Å²) in [6, 6.07) is 11.5. The van der Waals surface area contributed by atoms with Crippen molar-refractivity contribution >= 4 is 23.2 Å². The molecule has 128 valence electrons. The van der Waals surface area contributed by atoms with E-state index in [2.05, 4.69) is 0 Å². The largest absolute Gasteiger partial charge is 0.459 e. The van der Waals surface area contributed by atoms with Crippen LogP contribution in [-0.2, 0) is 11.3 Å². The molecule has 0 saturated heterocycles. The van der Waals surface area contributed by atoms with E-state index < -0.39 is 0 Å². The fourth-order valence-electron chi connectivity index (χ4n) is 2.75. The van der Waals surface area contributed by atoms with Gasteiger partial charge in [-0.05, 0) is 49.7 Å². The van der Waals surface area contributed by atoms with Gasteiger partial charge in [-0.25, -0.2) is 9.18 Å². The predicted octanol–water partition coefficient (Wildman–Crippen LogP) is 4.21. The normalized spacial score (nSPS) is 11.0. The topological polar surface area (TPSA) is 48.3 Å². The minimum Gasteiger partial charge on any atom is -0.459 e. The number of benzene rings is 2. The molecule has 0 fully saturated rings. The van der Waals surface area contributed by atoms with Crippen molar-refractivity contribution in [3.8, 4) is 0 Å². The van der Waals surface area contributed by atoms with Gasteiger partial charge >= 0.3 is 5.97 Å². The van der Waals surface area contributed by atoms with E-state index in [1.54, 1.807) is 38.2 Å². The molecule has 4 nitrogen and oxygen atoms in total. The highest BCUT2D eigenvalue weighted by Crippen LogP contribution is 2.22. The summed E-state index contributed by atoms with van der Waals surface area (Å²) in [6.45, 7) is 4.11. The number of hydrogen-bond acceptors (Lipinski definition) is 3. The first-order valence-electron chi connectivity index (χ1n) is 8.01. The van der Waals surface area contributed by atoms with Crippen LogP contribution in [0.1, 0.15) is 40.1 Å². The smallest absolute Gasteiger partial charge is 0.338 e. The van der Waals surface area contributed by atoms with E-state index in [0.717, 1.165) is 17.4 Å². The third-order valence-electron chi connectivity index (χ3n) is 3.89. The molecule has 0 N–H and O–H groups in total. The highest BCUT2D eigenvalue weighted by atomic mass is 19.1. The van der Waals surface area contributed by atoms with Crippen LogP contribution < -0.4 is 0 Å². The number of aromatic nitrogens is 1. The summed E-state index contributed by atoms with van der Waals surface area (Å²) in [6.07, 6.45) is 2.27. The van der Waals surface area contributed by atoms with Gasteiger partial charge in [0.1, 0.15) is 5.82 Å². The Bertz CT molecular complexity index is 926. The van der Waals surface area contributed by atoms with Gasteiger partial charge in [-0.3, -0.25) is 4.79 Å². The summed E-state index contributed by atoms with van der Waals surface area (Å²) in [5.41, 5.74) is 2.68. The van der Waals surface area contributed by atoms with Crippen LogP contribution >= 0.6 is 0 Å². The Morgan fingerprint density at radius 2 is 1.92 bits per heavy atom. The molecule has 0 bridgehead atoms. The molecule has 0 radical (unpaired) electrons. The number of carbonyl (C=O) groups is 2. The van der Waals surface area contributed by atoms with Crippen molar-refractivity contribution in [1.29, 1.82) is 0 Å². The van der Waals surface area contributed by atoms with Gasteiger partial charge in [-0.1, -0.05) is 12.1 Å². The third-order valence-corrected chi connectivity index (χ3v) is 3.89. The standard InChI is InChI=1S/C20H18FNO3/c1-13(2)25-20(24)15-5-3-14(4-6-15)10-22-11-16(12-23)18-9-17(21)7-8-19(18)22/h3-9,11-13H,10H2,1-2H3. The van der Waals surface area contributed by atoms with E-state index in [1.807, 2.05) is 16.7 Å². The van der Waals surface area contributed by atoms with Crippen molar-refractivity contribution in [3.05, 3.63) is 71.2 Å². The lowest BCUT2D eigenvalue weighted by molar-refractivity contribution is 0.0378. The molecule has 0 amide bonds. The van der Waals surface area contributed by atoms with Crippen molar-refractivity contribution in [3.63, 3.8) is 0 Å². The van der Waals surface area contributed by atoms with Crippen LogP contribution in [-0.4, -0.2) is 22.9 Å². The number of carbonyl (C=O) groups excluding carboxylic acids is 2. The Balaban J connectivity index is 1.87. The number of ether oxygens (including phenoxy) is 1. The van der Waals surface area contributed by atoms with E-state index in [-0.39, 0.29) is 17.9 Å². The van der Waals surface area contributed by atoms with Crippen molar-refractivity contribution < 1.29 is 18.7 Å². The number of hydrogen-bond donors (Lipinski definition) is 0. The Kier molecular flexibility index (Phi) is 4.65. The first-order chi connectivity index (χ1) is 12.0. The van der Waals surface area contributed by atoms with Crippen LogP contribution in [0.2, 0.25) is 0 Å². The Hall–Kier alpha value is -2.95. The average Bonchev–Trinajstić information content (AvgIpc) is 2.91. The van der Waals surface area contributed by atoms with Gasteiger partial charge < -0.3 is 9.30 Å². The predicted molar refractivity (Wildman–Crippen MR) is 93.4 cm³/mol. The zero-order valence-electron chi connectivity index (χ0n) is 14.0. The number of fused-ring (bicyclic) bond motifs is 1. The molecule has 0 saturated carbocycles.